The van der Waals surface area contributed by atoms with Gasteiger partial charge >= 0.3 is 15.6 Å². The largest absolute Gasteiger partial charge is 0.494 e. The lowest BCUT2D eigenvalue weighted by Crippen LogP contribution is -2.52. The molecule has 2 fully saturated rings. The summed E-state index contributed by atoms with van der Waals surface area (Å²) in [6.45, 7) is 26.1. The molecule has 0 spiro atoms. The van der Waals surface area contributed by atoms with Crippen molar-refractivity contribution in [3.8, 4) is 23.1 Å². The highest BCUT2D eigenvalue weighted by molar-refractivity contribution is 7.48. The molecule has 1 N–H and O–H groups in total. The predicted molar refractivity (Wildman–Crippen MR) is 373 cm³/mol. The number of fused-ring (bicyclic) bond motifs is 2. The quantitative estimate of drug-likeness (QED) is 0.0340. The number of pyridine rings is 2. The second-order valence-electron chi connectivity index (χ2n) is 26.7. The molecule has 2 saturated heterocycles. The van der Waals surface area contributed by atoms with Crippen molar-refractivity contribution in [3.63, 3.8) is 0 Å². The number of hydrogen-bond acceptors (Lipinski definition) is 22. The molecule has 6 aromatic heterocycles. The standard InChI is InChI=1S/C33H42N7O8P.C24H23N7O4.C9H20ClO4P.CH4/c1-22-35-20-40(36-22)29-27-26(25(45-8)18-34-29)24(19-39(27)21-46-49(44,47-32(2,3)4)48-33(5,6)7)28(41)31(43)38-16-14-37(15-17-38)30(42)23-12-10-9-11-13-23;1-15-27-14-31(28-15)22-20-19(18(35-2)13-26-22)17(12-25-20)21(32)24(34)30-10-8-29(9-11-30)23(33)16-6-4-3-5-7-16;1-8(2,3)13-15(11,12-7-10)14-9(4,5)6;/h9-13,18-20H,14-17,21H2,1-8H3;3-7,12-14,25H,8-11H2,1-2H3;7H2,1-6H3;1H4. The van der Waals surface area contributed by atoms with Crippen LogP contribution in [0.3, 0.4) is 0 Å². The first kappa shape index (κ1) is 78.8. The van der Waals surface area contributed by atoms with Crippen molar-refractivity contribution < 1.29 is 74.5 Å². The third-order valence-corrected chi connectivity index (χ3v) is 18.5. The van der Waals surface area contributed by atoms with E-state index in [1.165, 1.54) is 75.4 Å². The maximum atomic E-state index is 14.1. The number of ketones is 2. The molecule has 2 aromatic carbocycles. The number of H-pyrrole nitrogens is 1. The average molecular weight is 1440 g/mol. The Morgan fingerprint density at radius 3 is 1.29 bits per heavy atom. The monoisotopic (exact) mass is 1440 g/mol. The summed E-state index contributed by atoms with van der Waals surface area (Å²) < 4.78 is 74.4. The van der Waals surface area contributed by atoms with E-state index in [-0.39, 0.29) is 92.7 Å². The number of aromatic nitrogens is 10. The van der Waals surface area contributed by atoms with Crippen molar-refractivity contribution in [2.24, 2.45) is 0 Å². The van der Waals surface area contributed by atoms with Gasteiger partial charge in [0.2, 0.25) is 0 Å². The van der Waals surface area contributed by atoms with Gasteiger partial charge in [0.05, 0.1) is 76.4 Å². The van der Waals surface area contributed by atoms with Crippen molar-refractivity contribution >= 4 is 84.2 Å². The van der Waals surface area contributed by atoms with Crippen LogP contribution in [0.1, 0.15) is 144 Å². The number of carbonyl (C=O) groups is 6. The molecule has 0 unspecified atom stereocenters. The highest BCUT2D eigenvalue weighted by Crippen LogP contribution is 2.57. The maximum absolute atomic E-state index is 14.1. The SMILES string of the molecule is C.CC(C)(C)OP(=O)(OCCl)OC(C)(C)C.COc1cnc(-n2cnc(C)n2)c2[nH]cc(C(=O)C(=O)N3CCN(C(=O)c4ccccc4)CC3)c12.COc1cnc(-n2cnc(C)n2)c2c1c(C(=O)C(=O)N1CCN(C(=O)c3ccccc3)CC1)cn2COP(=O)(OC(C)(C)C)OC(C)(C)C. The smallest absolute Gasteiger partial charge is 0.477 e. The van der Waals surface area contributed by atoms with Crippen molar-refractivity contribution in [1.82, 2.24) is 68.6 Å². The number of Topliss-reactive ketones (excluding diaryl/α,β-unsaturated/α-hetero) is 2. The van der Waals surface area contributed by atoms with Gasteiger partial charge < -0.3 is 38.6 Å². The zero-order valence-corrected chi connectivity index (χ0v) is 61.0. The summed E-state index contributed by atoms with van der Waals surface area (Å²) in [5, 5.41) is 9.39. The molecule has 30 nitrogen and oxygen atoms in total. The fraction of sp³-hybridized carbons (Fsp3) is 0.463. The van der Waals surface area contributed by atoms with Gasteiger partial charge in [-0.25, -0.2) is 38.4 Å². The minimum absolute atomic E-state index is 0. The molecule has 0 aliphatic carbocycles. The summed E-state index contributed by atoms with van der Waals surface area (Å²) in [5.74, 6) is -0.787. The van der Waals surface area contributed by atoms with Crippen molar-refractivity contribution in [2.75, 3.05) is 72.6 Å². The lowest BCUT2D eigenvalue weighted by atomic mass is 10.1. The molecule has 10 rings (SSSR count). The number of halogens is 1. The zero-order valence-electron chi connectivity index (χ0n) is 58.4. The van der Waals surface area contributed by atoms with Gasteiger partial charge in [-0.15, -0.1) is 0 Å². The molecule has 2 aliphatic rings. The first-order chi connectivity index (χ1) is 46.4. The van der Waals surface area contributed by atoms with Crippen molar-refractivity contribution in [1.29, 1.82) is 0 Å². The van der Waals surface area contributed by atoms with Gasteiger partial charge in [0, 0.05) is 75.9 Å². The van der Waals surface area contributed by atoms with Gasteiger partial charge in [0.1, 0.15) is 54.1 Å². The molecular weight excluding hydrogens is 1350 g/mol. The van der Waals surface area contributed by atoms with Crippen molar-refractivity contribution in [2.45, 2.75) is 133 Å². The van der Waals surface area contributed by atoms with Gasteiger partial charge in [0.15, 0.2) is 11.6 Å². The number of methoxy groups -OCH3 is 2. The summed E-state index contributed by atoms with van der Waals surface area (Å²) in [5.41, 5.74) is -0.870. The highest BCUT2D eigenvalue weighted by atomic mass is 35.5. The van der Waals surface area contributed by atoms with Crippen LogP contribution in [0.5, 0.6) is 11.5 Å². The number of phosphoric ester groups is 2. The van der Waals surface area contributed by atoms with Crippen LogP contribution in [0.2, 0.25) is 0 Å². The molecular formula is C67H89ClN14O16P2. The van der Waals surface area contributed by atoms with Crippen LogP contribution in [-0.2, 0) is 52.6 Å². The first-order valence-electron chi connectivity index (χ1n) is 31.5. The fourth-order valence-corrected chi connectivity index (χ4v) is 14.1. The van der Waals surface area contributed by atoms with Crippen LogP contribution in [0.4, 0.5) is 0 Å². The molecule has 100 heavy (non-hydrogen) atoms. The summed E-state index contributed by atoms with van der Waals surface area (Å²) in [6.07, 6.45) is 8.80. The predicted octanol–water partition coefficient (Wildman–Crippen LogP) is 11.0. The number of phosphoric acid groups is 2. The summed E-state index contributed by atoms with van der Waals surface area (Å²) >= 11 is 5.39. The van der Waals surface area contributed by atoms with Gasteiger partial charge in [0.25, 0.3) is 35.2 Å². The van der Waals surface area contributed by atoms with Gasteiger partial charge in [-0.2, -0.15) is 10.2 Å². The first-order valence-corrected chi connectivity index (χ1v) is 35.0. The Morgan fingerprint density at radius 1 is 0.520 bits per heavy atom. The molecule has 8 aromatic rings. The van der Waals surface area contributed by atoms with E-state index in [9.17, 15) is 37.9 Å². The van der Waals surface area contributed by atoms with E-state index in [0.29, 0.717) is 63.9 Å². The summed E-state index contributed by atoms with van der Waals surface area (Å²) in [7, 11) is -4.90. The Kier molecular flexibility index (Phi) is 25.5. The number of rotatable bonds is 19. The van der Waals surface area contributed by atoms with Crippen LogP contribution in [-0.4, -0.2) is 199 Å². The second kappa shape index (κ2) is 32.4. The summed E-state index contributed by atoms with van der Waals surface area (Å²) in [6, 6.07) is 17.7. The number of hydrogen-bond donors (Lipinski definition) is 1. The normalized spacial score (nSPS) is 14.0. The third kappa shape index (κ3) is 20.1. The molecule has 540 valence electrons. The topological polar surface area (TPSA) is 331 Å². The van der Waals surface area contributed by atoms with E-state index in [0.717, 1.165) is 0 Å². The molecule has 0 bridgehead atoms. The molecule has 2 aliphatic heterocycles. The van der Waals surface area contributed by atoms with E-state index in [1.54, 1.807) is 143 Å². The number of carbonyl (C=O) groups excluding carboxylic acids is 6. The number of ether oxygens (including phenoxy) is 2. The van der Waals surface area contributed by atoms with E-state index in [1.807, 2.05) is 24.3 Å². The Bertz CT molecular complexity index is 4270. The number of aromatic amines is 1. The van der Waals surface area contributed by atoms with Crippen molar-refractivity contribution in [3.05, 3.63) is 132 Å². The van der Waals surface area contributed by atoms with E-state index < -0.39 is 68.2 Å². The van der Waals surface area contributed by atoms with Crippen LogP contribution in [0, 0.1) is 13.8 Å². The lowest BCUT2D eigenvalue weighted by Gasteiger charge is -2.34. The minimum atomic E-state index is -4.20. The fourth-order valence-electron chi connectivity index (χ4n) is 10.3. The number of nitrogens with one attached hydrogen (secondary N) is 1. The number of benzene rings is 2. The molecule has 0 radical (unpaired) electrons. The summed E-state index contributed by atoms with van der Waals surface area (Å²) in [4.78, 5) is 106. The number of aryl methyl sites for hydroxylation is 2. The molecule has 0 atom stereocenters. The Labute approximate surface area is 586 Å². The second-order valence-corrected chi connectivity index (χ2v) is 30.0. The molecule has 8 heterocycles. The van der Waals surface area contributed by atoms with E-state index in [2.05, 4.69) is 35.1 Å². The molecule has 33 heteroatoms. The van der Waals surface area contributed by atoms with Gasteiger partial charge in [-0.3, -0.25) is 55.9 Å². The Hall–Kier alpha value is -8.57. The number of amides is 4. The molecule has 0 saturated carbocycles. The molecule has 4 amide bonds. The van der Waals surface area contributed by atoms with E-state index in [4.69, 9.17) is 48.2 Å². The van der Waals surface area contributed by atoms with Crippen LogP contribution < -0.4 is 9.47 Å². The van der Waals surface area contributed by atoms with Crippen LogP contribution in [0.25, 0.3) is 33.4 Å². The Morgan fingerprint density at radius 2 is 0.900 bits per heavy atom. The maximum Gasteiger partial charge on any atom is 0.477 e. The minimum Gasteiger partial charge on any atom is -0.494 e. The average Bonchev–Trinajstić information content (AvgIpc) is 1.59. The Balaban J connectivity index is 0.000000239. The number of nitrogens with zero attached hydrogens (tertiary/aromatic N) is 13. The van der Waals surface area contributed by atoms with Gasteiger partial charge in [-0.1, -0.05) is 55.4 Å². The lowest BCUT2D eigenvalue weighted by molar-refractivity contribution is -0.128. The zero-order chi connectivity index (χ0) is 72.6. The highest BCUT2D eigenvalue weighted by Gasteiger charge is 2.40. The number of piperazine rings is 2. The van der Waals surface area contributed by atoms with Crippen LogP contribution >= 0.6 is 27.2 Å². The van der Waals surface area contributed by atoms with E-state index >= 15 is 0 Å². The van der Waals surface area contributed by atoms with Crippen LogP contribution in [0.15, 0.2) is 98.1 Å². The number of alkyl halides is 1. The van der Waals surface area contributed by atoms with Gasteiger partial charge in [-0.05, 0) is 121 Å². The third-order valence-electron chi connectivity index (χ3n) is 14.3.